The van der Waals surface area contributed by atoms with E-state index in [2.05, 4.69) is 0 Å². The van der Waals surface area contributed by atoms with Gasteiger partial charge in [-0.3, -0.25) is 4.79 Å². The second-order valence-corrected chi connectivity index (χ2v) is 5.32. The first-order valence-corrected chi connectivity index (χ1v) is 7.40. The van der Waals surface area contributed by atoms with Crippen LogP contribution in [0.2, 0.25) is 0 Å². The third-order valence-corrected chi connectivity index (χ3v) is 3.77. The van der Waals surface area contributed by atoms with Gasteiger partial charge in [0.2, 0.25) is 0 Å². The van der Waals surface area contributed by atoms with E-state index >= 15 is 0 Å². The van der Waals surface area contributed by atoms with Gasteiger partial charge in [0.25, 0.3) is 0 Å². The number of carbonyl (C=O) groups is 1. The molecule has 126 valence electrons. The second-order valence-electron chi connectivity index (χ2n) is 5.32. The summed E-state index contributed by atoms with van der Waals surface area (Å²) in [6, 6.07) is 13.8. The standard InChI is InChI=1S/C19H14FNO4/c1-25-15-8-2-12(3-9-15)17-10-18(22)16(19(23)24)11-21(17)14-6-4-13(20)5-7-14/h2-11H,1H3,(H,23,24). The van der Waals surface area contributed by atoms with Gasteiger partial charge in [0.15, 0.2) is 5.43 Å². The smallest absolute Gasteiger partial charge is 0.341 e. The van der Waals surface area contributed by atoms with Gasteiger partial charge in [-0.2, -0.15) is 0 Å². The summed E-state index contributed by atoms with van der Waals surface area (Å²) < 4.78 is 19.9. The summed E-state index contributed by atoms with van der Waals surface area (Å²) in [6.07, 6.45) is 1.25. The third-order valence-electron chi connectivity index (χ3n) is 3.77. The van der Waals surface area contributed by atoms with Gasteiger partial charge in [-0.1, -0.05) is 0 Å². The molecule has 5 nitrogen and oxygen atoms in total. The Kier molecular flexibility index (Phi) is 4.35. The first kappa shape index (κ1) is 16.4. The maximum absolute atomic E-state index is 13.2. The zero-order valence-corrected chi connectivity index (χ0v) is 13.3. The van der Waals surface area contributed by atoms with Crippen molar-refractivity contribution in [2.75, 3.05) is 7.11 Å². The molecule has 6 heteroatoms. The molecule has 0 atom stereocenters. The van der Waals surface area contributed by atoms with Gasteiger partial charge in [0.1, 0.15) is 17.1 Å². The van der Waals surface area contributed by atoms with Crippen LogP contribution in [0.4, 0.5) is 4.39 Å². The van der Waals surface area contributed by atoms with Gasteiger partial charge in [0.05, 0.1) is 12.8 Å². The predicted molar refractivity (Wildman–Crippen MR) is 90.9 cm³/mol. The molecule has 2 aromatic carbocycles. The Morgan fingerprint density at radius 2 is 1.72 bits per heavy atom. The number of benzene rings is 2. The minimum Gasteiger partial charge on any atom is -0.497 e. The van der Waals surface area contributed by atoms with Crippen LogP contribution in [0.1, 0.15) is 10.4 Å². The molecule has 1 N–H and O–H groups in total. The van der Waals surface area contributed by atoms with Crippen LogP contribution in [0.15, 0.2) is 65.6 Å². The van der Waals surface area contributed by atoms with E-state index in [1.165, 1.54) is 36.5 Å². The highest BCUT2D eigenvalue weighted by molar-refractivity contribution is 5.87. The summed E-state index contributed by atoms with van der Waals surface area (Å²) >= 11 is 0. The van der Waals surface area contributed by atoms with Gasteiger partial charge >= 0.3 is 5.97 Å². The number of hydrogen-bond acceptors (Lipinski definition) is 3. The number of methoxy groups -OCH3 is 1. The van der Waals surface area contributed by atoms with Crippen LogP contribution in [0.3, 0.4) is 0 Å². The van der Waals surface area contributed by atoms with Crippen molar-refractivity contribution in [2.24, 2.45) is 0 Å². The van der Waals surface area contributed by atoms with Crippen molar-refractivity contribution in [1.82, 2.24) is 4.57 Å². The monoisotopic (exact) mass is 339 g/mol. The van der Waals surface area contributed by atoms with Crippen LogP contribution >= 0.6 is 0 Å². The van der Waals surface area contributed by atoms with E-state index in [1.54, 1.807) is 35.9 Å². The molecule has 0 radical (unpaired) electrons. The number of carboxylic acid groups (broad SMARTS) is 1. The van der Waals surface area contributed by atoms with Crippen LogP contribution in [-0.2, 0) is 0 Å². The molecule has 0 aliphatic rings. The number of nitrogens with zero attached hydrogens (tertiary/aromatic N) is 1. The van der Waals surface area contributed by atoms with Crippen LogP contribution in [-0.4, -0.2) is 22.8 Å². The highest BCUT2D eigenvalue weighted by Crippen LogP contribution is 2.25. The van der Waals surface area contributed by atoms with Crippen molar-refractivity contribution >= 4 is 5.97 Å². The summed E-state index contributed by atoms with van der Waals surface area (Å²) in [5.41, 5.74) is 0.761. The Morgan fingerprint density at radius 1 is 1.08 bits per heavy atom. The molecule has 0 unspecified atom stereocenters. The summed E-state index contributed by atoms with van der Waals surface area (Å²) in [6.45, 7) is 0. The van der Waals surface area contributed by atoms with Gasteiger partial charge in [-0.25, -0.2) is 9.18 Å². The van der Waals surface area contributed by atoms with Crippen LogP contribution in [0.25, 0.3) is 16.9 Å². The lowest BCUT2D eigenvalue weighted by Crippen LogP contribution is -2.18. The highest BCUT2D eigenvalue weighted by atomic mass is 19.1. The zero-order chi connectivity index (χ0) is 18.0. The van der Waals surface area contributed by atoms with Gasteiger partial charge in [-0.05, 0) is 54.1 Å². The molecule has 0 fully saturated rings. The van der Waals surface area contributed by atoms with E-state index in [0.29, 0.717) is 22.7 Å². The minimum absolute atomic E-state index is 0.360. The van der Waals surface area contributed by atoms with Gasteiger partial charge in [-0.15, -0.1) is 0 Å². The fourth-order valence-electron chi connectivity index (χ4n) is 2.49. The number of ether oxygens (including phenoxy) is 1. The predicted octanol–water partition coefficient (Wildman–Crippen LogP) is 3.35. The Hall–Kier alpha value is -3.41. The number of pyridine rings is 1. The van der Waals surface area contributed by atoms with E-state index in [1.807, 2.05) is 0 Å². The fraction of sp³-hybridized carbons (Fsp3) is 0.0526. The summed E-state index contributed by atoms with van der Waals surface area (Å²) in [7, 11) is 1.55. The van der Waals surface area contributed by atoms with E-state index in [9.17, 15) is 19.1 Å². The highest BCUT2D eigenvalue weighted by Gasteiger charge is 2.15. The van der Waals surface area contributed by atoms with Crippen molar-refractivity contribution in [1.29, 1.82) is 0 Å². The maximum atomic E-state index is 13.2. The average molecular weight is 339 g/mol. The molecular formula is C19H14FNO4. The number of aromatic carboxylic acids is 1. The molecule has 0 spiro atoms. The van der Waals surface area contributed by atoms with Crippen molar-refractivity contribution in [3.05, 3.63) is 82.4 Å². The fourth-order valence-corrected chi connectivity index (χ4v) is 2.49. The lowest BCUT2D eigenvalue weighted by Gasteiger charge is -2.15. The van der Waals surface area contributed by atoms with Crippen molar-refractivity contribution < 1.29 is 19.0 Å². The van der Waals surface area contributed by atoms with Crippen LogP contribution < -0.4 is 10.2 Å². The molecule has 0 amide bonds. The lowest BCUT2D eigenvalue weighted by molar-refractivity contribution is 0.0695. The molecule has 0 bridgehead atoms. The number of rotatable bonds is 4. The van der Waals surface area contributed by atoms with Crippen LogP contribution in [0.5, 0.6) is 5.75 Å². The molecule has 0 saturated heterocycles. The van der Waals surface area contributed by atoms with E-state index < -0.39 is 17.2 Å². The SMILES string of the molecule is COc1ccc(-c2cc(=O)c(C(=O)O)cn2-c2ccc(F)cc2)cc1. The van der Waals surface area contributed by atoms with Crippen LogP contribution in [0, 0.1) is 5.82 Å². The van der Waals surface area contributed by atoms with Gasteiger partial charge in [0, 0.05) is 18.0 Å². The minimum atomic E-state index is -1.32. The average Bonchev–Trinajstić information content (AvgIpc) is 2.62. The summed E-state index contributed by atoms with van der Waals surface area (Å²) in [5, 5.41) is 9.22. The molecule has 0 aliphatic heterocycles. The maximum Gasteiger partial charge on any atom is 0.341 e. The van der Waals surface area contributed by atoms with E-state index in [0.717, 1.165) is 0 Å². The van der Waals surface area contributed by atoms with E-state index in [4.69, 9.17) is 4.74 Å². The quantitative estimate of drug-likeness (QED) is 0.791. The molecule has 1 heterocycles. The molecular weight excluding hydrogens is 325 g/mol. The number of carboxylic acids is 1. The zero-order valence-electron chi connectivity index (χ0n) is 13.3. The molecule has 3 rings (SSSR count). The summed E-state index contributed by atoms with van der Waals surface area (Å²) in [4.78, 5) is 23.4. The Morgan fingerprint density at radius 3 is 2.28 bits per heavy atom. The number of halogens is 1. The van der Waals surface area contributed by atoms with Gasteiger partial charge < -0.3 is 14.4 Å². The lowest BCUT2D eigenvalue weighted by atomic mass is 10.1. The molecule has 3 aromatic rings. The molecule has 0 saturated carbocycles. The Labute approximate surface area is 142 Å². The first-order chi connectivity index (χ1) is 12.0. The number of aromatic nitrogens is 1. The van der Waals surface area contributed by atoms with Crippen molar-refractivity contribution in [3.8, 4) is 22.7 Å². The summed E-state index contributed by atoms with van der Waals surface area (Å²) in [5.74, 6) is -1.07. The molecule has 1 aromatic heterocycles. The molecule has 25 heavy (non-hydrogen) atoms. The van der Waals surface area contributed by atoms with Crippen molar-refractivity contribution in [2.45, 2.75) is 0 Å². The van der Waals surface area contributed by atoms with E-state index in [-0.39, 0.29) is 5.56 Å². The first-order valence-electron chi connectivity index (χ1n) is 7.40. The van der Waals surface area contributed by atoms with Crippen molar-refractivity contribution in [3.63, 3.8) is 0 Å². The molecule has 0 aliphatic carbocycles. The second kappa shape index (κ2) is 6.60. The largest absolute Gasteiger partial charge is 0.497 e. The Balaban J connectivity index is 2.25. The number of hydrogen-bond donors (Lipinski definition) is 1. The topological polar surface area (TPSA) is 68.5 Å². The third kappa shape index (κ3) is 3.28. The normalized spacial score (nSPS) is 10.5. The Bertz CT molecular complexity index is 976.